The van der Waals surface area contributed by atoms with Gasteiger partial charge in [-0.15, -0.1) is 11.8 Å². The first-order valence-electron chi connectivity index (χ1n) is 3.89. The molecule has 0 atom stereocenters. The first-order valence-corrected chi connectivity index (χ1v) is 5.11. The van der Waals surface area contributed by atoms with E-state index >= 15 is 0 Å². The normalized spacial score (nSPS) is 9.69. The van der Waals surface area contributed by atoms with Crippen LogP contribution in [0.3, 0.4) is 0 Å². The molecule has 0 radical (unpaired) electrons. The number of hydrogen-bond donors (Lipinski definition) is 3. The summed E-state index contributed by atoms with van der Waals surface area (Å²) in [5.41, 5.74) is 7.17. The average molecular weight is 195 g/mol. The highest BCUT2D eigenvalue weighted by molar-refractivity contribution is 7.98. The summed E-state index contributed by atoms with van der Waals surface area (Å²) in [5, 5.41) is 10.3. The van der Waals surface area contributed by atoms with Crippen LogP contribution in [0.15, 0.2) is 23.1 Å². The maximum Gasteiger partial charge on any atom is 0.127 e. The highest BCUT2D eigenvalue weighted by atomic mass is 32.2. The number of rotatable bonds is 2. The standard InChI is InChI=1S/C9H13N3S/c1-12-9(11)7-4-3-6(13-2)5-8(7)10/h3-5H,10H2,1-2H3,(H2,11,12). The summed E-state index contributed by atoms with van der Waals surface area (Å²) in [7, 11) is 1.71. The summed E-state index contributed by atoms with van der Waals surface area (Å²) in [4.78, 5) is 1.12. The van der Waals surface area contributed by atoms with Crippen molar-refractivity contribution < 1.29 is 0 Å². The Bertz CT molecular complexity index is 323. The van der Waals surface area contributed by atoms with E-state index in [1.54, 1.807) is 18.8 Å². The third-order valence-electron chi connectivity index (χ3n) is 1.78. The van der Waals surface area contributed by atoms with Gasteiger partial charge < -0.3 is 11.1 Å². The molecule has 0 heterocycles. The van der Waals surface area contributed by atoms with Crippen molar-refractivity contribution in [3.8, 4) is 0 Å². The number of thioether (sulfide) groups is 1. The molecule has 1 aromatic carbocycles. The molecule has 0 amide bonds. The van der Waals surface area contributed by atoms with Crippen LogP contribution < -0.4 is 11.1 Å². The van der Waals surface area contributed by atoms with Gasteiger partial charge in [-0.2, -0.15) is 0 Å². The molecule has 4 N–H and O–H groups in total. The third-order valence-corrected chi connectivity index (χ3v) is 2.50. The second-order valence-corrected chi connectivity index (χ2v) is 3.46. The van der Waals surface area contributed by atoms with Gasteiger partial charge in [-0.05, 0) is 24.5 Å². The summed E-state index contributed by atoms with van der Waals surface area (Å²) in [6.07, 6.45) is 2.00. The van der Waals surface area contributed by atoms with E-state index in [1.165, 1.54) is 0 Å². The van der Waals surface area contributed by atoms with Crippen LogP contribution in [-0.4, -0.2) is 19.1 Å². The zero-order chi connectivity index (χ0) is 9.84. The molecule has 0 unspecified atom stereocenters. The fourth-order valence-electron chi connectivity index (χ4n) is 1.03. The van der Waals surface area contributed by atoms with Crippen LogP contribution in [-0.2, 0) is 0 Å². The van der Waals surface area contributed by atoms with Gasteiger partial charge in [0.2, 0.25) is 0 Å². The molecule has 4 heteroatoms. The molecule has 0 bridgehead atoms. The number of nitrogen functional groups attached to an aromatic ring is 1. The zero-order valence-corrected chi connectivity index (χ0v) is 8.53. The molecule has 1 aromatic rings. The van der Waals surface area contributed by atoms with Crippen molar-refractivity contribution in [2.45, 2.75) is 4.90 Å². The minimum atomic E-state index is 0.352. The molecule has 3 nitrogen and oxygen atoms in total. The van der Waals surface area contributed by atoms with E-state index in [0.717, 1.165) is 10.5 Å². The number of benzene rings is 1. The molecule has 0 aliphatic heterocycles. The average Bonchev–Trinajstić information content (AvgIpc) is 2.16. The number of anilines is 1. The molecule has 13 heavy (non-hydrogen) atoms. The van der Waals surface area contributed by atoms with Crippen LogP contribution in [0.5, 0.6) is 0 Å². The largest absolute Gasteiger partial charge is 0.398 e. The van der Waals surface area contributed by atoms with Gasteiger partial charge in [-0.25, -0.2) is 0 Å². The maximum atomic E-state index is 7.55. The quantitative estimate of drug-likeness (QED) is 0.290. The zero-order valence-electron chi connectivity index (χ0n) is 7.72. The van der Waals surface area contributed by atoms with E-state index in [9.17, 15) is 0 Å². The van der Waals surface area contributed by atoms with Gasteiger partial charge in [-0.1, -0.05) is 0 Å². The monoisotopic (exact) mass is 195 g/mol. The summed E-state index contributed by atoms with van der Waals surface area (Å²) in [5.74, 6) is 0.352. The lowest BCUT2D eigenvalue weighted by molar-refractivity contribution is 1.14. The fraction of sp³-hybridized carbons (Fsp3) is 0.222. The number of nitrogens with two attached hydrogens (primary N) is 1. The highest BCUT2D eigenvalue weighted by Gasteiger charge is 2.03. The third kappa shape index (κ3) is 2.15. The molecular weight excluding hydrogens is 182 g/mol. The van der Waals surface area contributed by atoms with Gasteiger partial charge in [0.05, 0.1) is 0 Å². The molecule has 0 aliphatic carbocycles. The highest BCUT2D eigenvalue weighted by Crippen LogP contribution is 2.20. The molecule has 0 aliphatic rings. The lowest BCUT2D eigenvalue weighted by Gasteiger charge is -2.07. The van der Waals surface area contributed by atoms with Crippen LogP contribution in [0.1, 0.15) is 5.56 Å². The van der Waals surface area contributed by atoms with Gasteiger partial charge in [0, 0.05) is 23.2 Å². The summed E-state index contributed by atoms with van der Waals surface area (Å²) >= 11 is 1.64. The van der Waals surface area contributed by atoms with E-state index in [0.29, 0.717) is 11.5 Å². The first kappa shape index (κ1) is 9.92. The Labute approximate surface area is 82.2 Å². The number of nitrogens with one attached hydrogen (secondary N) is 2. The van der Waals surface area contributed by atoms with Crippen molar-refractivity contribution in [1.29, 1.82) is 5.41 Å². The van der Waals surface area contributed by atoms with E-state index in [4.69, 9.17) is 11.1 Å². The van der Waals surface area contributed by atoms with Crippen molar-refractivity contribution in [3.05, 3.63) is 23.8 Å². The lowest BCUT2D eigenvalue weighted by atomic mass is 10.1. The summed E-state index contributed by atoms with van der Waals surface area (Å²) in [6.45, 7) is 0. The van der Waals surface area contributed by atoms with E-state index in [1.807, 2.05) is 24.5 Å². The Morgan fingerprint density at radius 3 is 2.69 bits per heavy atom. The van der Waals surface area contributed by atoms with Gasteiger partial charge in [0.15, 0.2) is 0 Å². The topological polar surface area (TPSA) is 61.9 Å². The number of amidine groups is 1. The predicted molar refractivity (Wildman–Crippen MR) is 58.5 cm³/mol. The second kappa shape index (κ2) is 4.18. The summed E-state index contributed by atoms with van der Waals surface area (Å²) in [6, 6.07) is 5.70. The molecule has 0 saturated heterocycles. The Hall–Kier alpha value is -1.16. The van der Waals surface area contributed by atoms with E-state index in [-0.39, 0.29) is 0 Å². The van der Waals surface area contributed by atoms with Crippen LogP contribution in [0.25, 0.3) is 0 Å². The van der Waals surface area contributed by atoms with Crippen LogP contribution in [0.2, 0.25) is 0 Å². The van der Waals surface area contributed by atoms with Gasteiger partial charge >= 0.3 is 0 Å². The van der Waals surface area contributed by atoms with E-state index < -0.39 is 0 Å². The molecule has 0 saturated carbocycles. The molecule has 1 rings (SSSR count). The SMILES string of the molecule is CNC(=N)c1ccc(SC)cc1N. The van der Waals surface area contributed by atoms with Crippen molar-refractivity contribution >= 4 is 23.3 Å². The number of hydrogen-bond acceptors (Lipinski definition) is 3. The molecular formula is C9H13N3S. The smallest absolute Gasteiger partial charge is 0.127 e. The Balaban J connectivity index is 3.05. The lowest BCUT2D eigenvalue weighted by Crippen LogP contribution is -2.19. The Morgan fingerprint density at radius 1 is 1.54 bits per heavy atom. The van der Waals surface area contributed by atoms with Gasteiger partial charge in [-0.3, -0.25) is 5.41 Å². The van der Waals surface area contributed by atoms with Gasteiger partial charge in [0.1, 0.15) is 5.84 Å². The fourth-order valence-corrected chi connectivity index (χ4v) is 1.48. The maximum absolute atomic E-state index is 7.55. The predicted octanol–water partition coefficient (Wildman–Crippen LogP) is 1.54. The first-order chi connectivity index (χ1) is 6.19. The molecule has 70 valence electrons. The van der Waals surface area contributed by atoms with Gasteiger partial charge in [0.25, 0.3) is 0 Å². The van der Waals surface area contributed by atoms with Crippen LogP contribution in [0.4, 0.5) is 5.69 Å². The Kier molecular flexibility index (Phi) is 3.19. The molecule has 0 spiro atoms. The van der Waals surface area contributed by atoms with Crippen molar-refractivity contribution in [3.63, 3.8) is 0 Å². The van der Waals surface area contributed by atoms with Crippen LogP contribution >= 0.6 is 11.8 Å². The Morgan fingerprint density at radius 2 is 2.23 bits per heavy atom. The summed E-state index contributed by atoms with van der Waals surface area (Å²) < 4.78 is 0. The van der Waals surface area contributed by atoms with Crippen molar-refractivity contribution in [2.24, 2.45) is 0 Å². The van der Waals surface area contributed by atoms with Crippen molar-refractivity contribution in [2.75, 3.05) is 19.0 Å². The minimum absolute atomic E-state index is 0.352. The molecule has 0 aromatic heterocycles. The van der Waals surface area contributed by atoms with E-state index in [2.05, 4.69) is 5.32 Å². The minimum Gasteiger partial charge on any atom is -0.398 e. The molecule has 0 fully saturated rings. The van der Waals surface area contributed by atoms with Crippen LogP contribution in [0, 0.1) is 5.41 Å². The second-order valence-electron chi connectivity index (χ2n) is 2.58. The van der Waals surface area contributed by atoms with Crippen molar-refractivity contribution in [1.82, 2.24) is 5.32 Å².